The van der Waals surface area contributed by atoms with Crippen molar-refractivity contribution in [2.75, 3.05) is 12.4 Å². The molecule has 5 heteroatoms. The largest absolute Gasteiger partial charge is 0.424 e. The van der Waals surface area contributed by atoms with Crippen LogP contribution in [0.15, 0.2) is 6.33 Å². The van der Waals surface area contributed by atoms with Gasteiger partial charge in [0.15, 0.2) is 6.33 Å². The molecule has 1 aromatic rings. The number of nitrogens with zero attached hydrogens (tertiary/aromatic N) is 3. The normalized spacial score (nSPS) is 9.12. The molecule has 0 aliphatic carbocycles. The summed E-state index contributed by atoms with van der Waals surface area (Å²) in [6, 6.07) is 0. The first kappa shape index (κ1) is 4.89. The van der Waals surface area contributed by atoms with E-state index in [-0.39, 0.29) is 0 Å². The molecule has 0 bridgehead atoms. The lowest BCUT2D eigenvalue weighted by atomic mass is 11.0. The zero-order chi connectivity index (χ0) is 5.98. The molecule has 1 rings (SSSR count). The first-order chi connectivity index (χ1) is 3.84. The minimum Gasteiger partial charge on any atom is -0.424 e. The van der Waals surface area contributed by atoms with E-state index < -0.39 is 0 Å². The predicted octanol–water partition coefficient (Wildman–Crippen LogP) is -0.443. The summed E-state index contributed by atoms with van der Waals surface area (Å²) in [4.78, 5) is 0. The van der Waals surface area contributed by atoms with Crippen LogP contribution in [-0.2, 0) is 0 Å². The maximum absolute atomic E-state index is 8.68. The van der Waals surface area contributed by atoms with E-state index in [0.717, 1.165) is 4.73 Å². The van der Waals surface area contributed by atoms with Crippen LogP contribution in [0.5, 0.6) is 0 Å². The Morgan fingerprint density at radius 1 is 1.88 bits per heavy atom. The Labute approximate surface area is 45.9 Å². The molecule has 0 aliphatic rings. The van der Waals surface area contributed by atoms with E-state index in [4.69, 9.17) is 5.21 Å². The standard InChI is InChI=1S/C3H6N4O/c1-4-3-6-5-2-7(3)8/h2,8H,1H3,(H,4,6). The smallest absolute Gasteiger partial charge is 0.257 e. The lowest BCUT2D eigenvalue weighted by Gasteiger charge is -1.92. The summed E-state index contributed by atoms with van der Waals surface area (Å²) in [6.07, 6.45) is 1.20. The highest BCUT2D eigenvalue weighted by molar-refractivity contribution is 5.19. The summed E-state index contributed by atoms with van der Waals surface area (Å²) < 4.78 is 0.806. The number of aromatic nitrogens is 3. The van der Waals surface area contributed by atoms with Crippen molar-refractivity contribution >= 4 is 5.95 Å². The molecule has 0 atom stereocenters. The number of hydrogen-bond acceptors (Lipinski definition) is 4. The molecule has 5 nitrogen and oxygen atoms in total. The van der Waals surface area contributed by atoms with Gasteiger partial charge in [0.1, 0.15) is 0 Å². The van der Waals surface area contributed by atoms with Crippen LogP contribution in [0.3, 0.4) is 0 Å². The molecule has 1 aromatic heterocycles. The summed E-state index contributed by atoms with van der Waals surface area (Å²) in [7, 11) is 1.65. The van der Waals surface area contributed by atoms with Crippen LogP contribution in [0.2, 0.25) is 0 Å². The summed E-state index contributed by atoms with van der Waals surface area (Å²) in [6.45, 7) is 0. The minimum atomic E-state index is 0.338. The number of hydrogen-bond donors (Lipinski definition) is 2. The van der Waals surface area contributed by atoms with E-state index in [0.29, 0.717) is 5.95 Å². The zero-order valence-electron chi connectivity index (χ0n) is 4.37. The van der Waals surface area contributed by atoms with E-state index >= 15 is 0 Å². The number of anilines is 1. The molecule has 1 heterocycles. The monoisotopic (exact) mass is 114 g/mol. The van der Waals surface area contributed by atoms with Crippen LogP contribution in [0.1, 0.15) is 0 Å². The third-order valence-electron chi connectivity index (χ3n) is 0.754. The molecule has 2 N–H and O–H groups in total. The molecule has 0 spiro atoms. The van der Waals surface area contributed by atoms with Crippen molar-refractivity contribution in [2.45, 2.75) is 0 Å². The lowest BCUT2D eigenvalue weighted by molar-refractivity contribution is 0.190. The maximum Gasteiger partial charge on any atom is 0.257 e. The fourth-order valence-corrected chi connectivity index (χ4v) is 0.394. The second kappa shape index (κ2) is 1.69. The molecule has 0 radical (unpaired) electrons. The Balaban J connectivity index is 2.92. The van der Waals surface area contributed by atoms with Crippen molar-refractivity contribution in [2.24, 2.45) is 0 Å². The highest BCUT2D eigenvalue weighted by atomic mass is 16.5. The van der Waals surface area contributed by atoms with E-state index in [1.54, 1.807) is 7.05 Å². The molecule has 0 fully saturated rings. The Morgan fingerprint density at radius 3 is 2.88 bits per heavy atom. The molecule has 0 aliphatic heterocycles. The van der Waals surface area contributed by atoms with Crippen LogP contribution >= 0.6 is 0 Å². The molecule has 0 saturated carbocycles. The number of rotatable bonds is 1. The van der Waals surface area contributed by atoms with Gasteiger partial charge in [-0.2, -0.15) is 0 Å². The van der Waals surface area contributed by atoms with Gasteiger partial charge in [0.2, 0.25) is 0 Å². The summed E-state index contributed by atoms with van der Waals surface area (Å²) >= 11 is 0. The van der Waals surface area contributed by atoms with Gasteiger partial charge in [-0.1, -0.05) is 0 Å². The van der Waals surface area contributed by atoms with Crippen molar-refractivity contribution in [3.8, 4) is 0 Å². The fraction of sp³-hybridized carbons (Fsp3) is 0.333. The van der Waals surface area contributed by atoms with Crippen molar-refractivity contribution in [3.63, 3.8) is 0 Å². The Bertz CT molecular complexity index is 172. The van der Waals surface area contributed by atoms with Crippen molar-refractivity contribution in [1.29, 1.82) is 0 Å². The fourth-order valence-electron chi connectivity index (χ4n) is 0.394. The molecule has 0 saturated heterocycles. The quantitative estimate of drug-likeness (QED) is 0.486. The second-order valence-electron chi connectivity index (χ2n) is 1.25. The van der Waals surface area contributed by atoms with Crippen LogP contribution in [-0.4, -0.2) is 27.2 Å². The molecule has 0 aromatic carbocycles. The van der Waals surface area contributed by atoms with Gasteiger partial charge >= 0.3 is 0 Å². The van der Waals surface area contributed by atoms with Gasteiger partial charge < -0.3 is 10.5 Å². The SMILES string of the molecule is CNc1nncn1O. The van der Waals surface area contributed by atoms with Crippen molar-refractivity contribution < 1.29 is 5.21 Å². The van der Waals surface area contributed by atoms with Gasteiger partial charge in [-0.3, -0.25) is 0 Å². The Kier molecular flexibility index (Phi) is 1.03. The Hall–Kier alpha value is -1.26. The first-order valence-electron chi connectivity index (χ1n) is 2.11. The van der Waals surface area contributed by atoms with Crippen LogP contribution in [0.4, 0.5) is 5.95 Å². The molecular formula is C3H6N4O. The topological polar surface area (TPSA) is 63.0 Å². The highest BCUT2D eigenvalue weighted by Gasteiger charge is 1.94. The van der Waals surface area contributed by atoms with E-state index in [2.05, 4.69) is 15.5 Å². The van der Waals surface area contributed by atoms with E-state index in [9.17, 15) is 0 Å². The molecule has 44 valence electrons. The van der Waals surface area contributed by atoms with Crippen LogP contribution < -0.4 is 5.32 Å². The Morgan fingerprint density at radius 2 is 2.62 bits per heavy atom. The third kappa shape index (κ3) is 0.575. The molecule has 0 unspecified atom stereocenters. The van der Waals surface area contributed by atoms with Crippen LogP contribution in [0, 0.1) is 0 Å². The average molecular weight is 114 g/mol. The van der Waals surface area contributed by atoms with Gasteiger partial charge in [-0.05, 0) is 0 Å². The minimum absolute atomic E-state index is 0.338. The van der Waals surface area contributed by atoms with Crippen LogP contribution in [0.25, 0.3) is 0 Å². The van der Waals surface area contributed by atoms with Gasteiger partial charge in [0, 0.05) is 7.05 Å². The first-order valence-corrected chi connectivity index (χ1v) is 2.11. The summed E-state index contributed by atoms with van der Waals surface area (Å²) in [5, 5.41) is 18.2. The molecular weight excluding hydrogens is 108 g/mol. The molecule has 8 heavy (non-hydrogen) atoms. The predicted molar refractivity (Wildman–Crippen MR) is 26.8 cm³/mol. The van der Waals surface area contributed by atoms with Crippen molar-refractivity contribution in [3.05, 3.63) is 6.33 Å². The molecule has 0 amide bonds. The van der Waals surface area contributed by atoms with E-state index in [1.807, 2.05) is 0 Å². The van der Waals surface area contributed by atoms with Gasteiger partial charge in [-0.25, -0.2) is 0 Å². The lowest BCUT2D eigenvalue weighted by Crippen LogP contribution is -1.97. The summed E-state index contributed by atoms with van der Waals surface area (Å²) in [5.74, 6) is 0.338. The zero-order valence-corrected chi connectivity index (χ0v) is 4.37. The maximum atomic E-state index is 8.68. The van der Waals surface area contributed by atoms with Gasteiger partial charge in [-0.15, -0.1) is 14.9 Å². The average Bonchev–Trinajstić information content (AvgIpc) is 2.14. The van der Waals surface area contributed by atoms with Gasteiger partial charge in [0.25, 0.3) is 5.95 Å². The van der Waals surface area contributed by atoms with E-state index in [1.165, 1.54) is 6.33 Å². The van der Waals surface area contributed by atoms with Crippen molar-refractivity contribution in [1.82, 2.24) is 14.9 Å². The number of nitrogens with one attached hydrogen (secondary N) is 1. The third-order valence-corrected chi connectivity index (χ3v) is 0.754. The highest BCUT2D eigenvalue weighted by Crippen LogP contribution is 1.92. The summed E-state index contributed by atoms with van der Waals surface area (Å²) in [5.41, 5.74) is 0. The second-order valence-corrected chi connectivity index (χ2v) is 1.25. The van der Waals surface area contributed by atoms with Gasteiger partial charge in [0.05, 0.1) is 0 Å².